The monoisotopic (exact) mass is 205 g/mol. The summed E-state index contributed by atoms with van der Waals surface area (Å²) < 4.78 is 0. The number of nitriles is 1. The number of nitrogens with one attached hydrogen (secondary N) is 2. The van der Waals surface area contributed by atoms with E-state index >= 15 is 0 Å². The summed E-state index contributed by atoms with van der Waals surface area (Å²) in [7, 11) is 0. The van der Waals surface area contributed by atoms with Crippen LogP contribution in [-0.2, 0) is 0 Å². The molecule has 0 saturated carbocycles. The summed E-state index contributed by atoms with van der Waals surface area (Å²) in [6, 6.07) is 2.96. The Bertz CT molecular complexity index is 444. The molecule has 15 heavy (non-hydrogen) atoms. The van der Waals surface area contributed by atoms with E-state index in [0.717, 1.165) is 0 Å². The van der Waals surface area contributed by atoms with Gasteiger partial charge in [-0.15, -0.1) is 0 Å². The second kappa shape index (κ2) is 4.96. The molecule has 78 valence electrons. The molecule has 2 N–H and O–H groups in total. The van der Waals surface area contributed by atoms with Gasteiger partial charge < -0.3 is 10.3 Å². The van der Waals surface area contributed by atoms with Crippen molar-refractivity contribution < 1.29 is 4.79 Å². The lowest BCUT2D eigenvalue weighted by molar-refractivity contribution is 0.0939. The predicted molar refractivity (Wildman–Crippen MR) is 54.2 cm³/mol. The van der Waals surface area contributed by atoms with E-state index in [4.69, 9.17) is 5.26 Å². The van der Waals surface area contributed by atoms with E-state index in [1.807, 2.05) is 6.07 Å². The number of aromatic amines is 1. The largest absolute Gasteiger partial charge is 0.367 e. The van der Waals surface area contributed by atoms with Gasteiger partial charge in [0.15, 0.2) is 5.43 Å². The van der Waals surface area contributed by atoms with Crippen molar-refractivity contribution in [1.29, 1.82) is 5.26 Å². The average Bonchev–Trinajstić information content (AvgIpc) is 2.18. The fourth-order valence-electron chi connectivity index (χ4n) is 1.08. The number of carbonyl (C=O) groups excluding carboxylic acids is 1. The lowest BCUT2D eigenvalue weighted by atomic mass is 10.2. The third-order valence-corrected chi connectivity index (χ3v) is 1.84. The Kier molecular flexibility index (Phi) is 3.63. The molecule has 5 heteroatoms. The quantitative estimate of drug-likeness (QED) is 0.749. The molecule has 0 fully saturated rings. The topological polar surface area (TPSA) is 85.8 Å². The first-order valence-corrected chi connectivity index (χ1v) is 4.50. The van der Waals surface area contributed by atoms with Crippen molar-refractivity contribution in [2.75, 3.05) is 0 Å². The number of H-pyrrole nitrogens is 1. The molecule has 0 bridgehead atoms. The van der Waals surface area contributed by atoms with Gasteiger partial charge in [0.05, 0.1) is 12.5 Å². The molecule has 0 aliphatic carbocycles. The first-order chi connectivity index (χ1) is 7.15. The number of aromatic nitrogens is 1. The van der Waals surface area contributed by atoms with Gasteiger partial charge in [-0.25, -0.2) is 0 Å². The van der Waals surface area contributed by atoms with Crippen LogP contribution in [0.25, 0.3) is 0 Å². The van der Waals surface area contributed by atoms with Crippen LogP contribution in [0.5, 0.6) is 0 Å². The zero-order chi connectivity index (χ0) is 11.3. The Balaban J connectivity index is 2.75. The molecule has 0 spiro atoms. The molecule has 0 aromatic carbocycles. The predicted octanol–water partition coefficient (Wildman–Crippen LogP) is 0.407. The van der Waals surface area contributed by atoms with Crippen molar-refractivity contribution in [3.05, 3.63) is 34.2 Å². The van der Waals surface area contributed by atoms with E-state index in [0.29, 0.717) is 0 Å². The van der Waals surface area contributed by atoms with Crippen molar-refractivity contribution in [3.63, 3.8) is 0 Å². The molecule has 1 heterocycles. The molecule has 1 atom stereocenters. The van der Waals surface area contributed by atoms with E-state index in [2.05, 4.69) is 10.3 Å². The molecule has 5 nitrogen and oxygen atoms in total. The van der Waals surface area contributed by atoms with Crippen LogP contribution < -0.4 is 10.7 Å². The summed E-state index contributed by atoms with van der Waals surface area (Å²) >= 11 is 0. The second-order valence-electron chi connectivity index (χ2n) is 3.16. The van der Waals surface area contributed by atoms with Crippen molar-refractivity contribution in [3.8, 4) is 6.07 Å². The van der Waals surface area contributed by atoms with Crippen LogP contribution in [0.4, 0.5) is 0 Å². The summed E-state index contributed by atoms with van der Waals surface area (Å²) in [5.74, 6) is -0.459. The summed E-state index contributed by atoms with van der Waals surface area (Å²) in [6.07, 6.45) is 3.02. The van der Waals surface area contributed by atoms with E-state index < -0.39 is 5.91 Å². The van der Waals surface area contributed by atoms with E-state index in [9.17, 15) is 9.59 Å². The van der Waals surface area contributed by atoms with Crippen LogP contribution in [0, 0.1) is 11.3 Å². The SMILES string of the molecule is CC(CC#N)NC(=O)c1c[nH]ccc1=O. The molecule has 1 rings (SSSR count). The molecule has 1 aromatic heterocycles. The van der Waals surface area contributed by atoms with Gasteiger partial charge in [-0.3, -0.25) is 9.59 Å². The fourth-order valence-corrected chi connectivity index (χ4v) is 1.08. The van der Waals surface area contributed by atoms with Gasteiger partial charge in [0.1, 0.15) is 5.56 Å². The Morgan fingerprint density at radius 1 is 1.73 bits per heavy atom. The lowest BCUT2D eigenvalue weighted by Gasteiger charge is -2.09. The smallest absolute Gasteiger partial charge is 0.256 e. The third-order valence-electron chi connectivity index (χ3n) is 1.84. The van der Waals surface area contributed by atoms with Gasteiger partial charge in [0.25, 0.3) is 5.91 Å². The standard InChI is InChI=1S/C10H11N3O2/c1-7(2-4-11)13-10(15)8-6-12-5-3-9(8)14/h3,5-7H,2H2,1H3,(H,12,14)(H,13,15). The lowest BCUT2D eigenvalue weighted by Crippen LogP contribution is -2.35. The highest BCUT2D eigenvalue weighted by molar-refractivity contribution is 5.93. The number of hydrogen-bond acceptors (Lipinski definition) is 3. The van der Waals surface area contributed by atoms with Gasteiger partial charge in [0.2, 0.25) is 0 Å². The van der Waals surface area contributed by atoms with E-state index in [-0.39, 0.29) is 23.5 Å². The van der Waals surface area contributed by atoms with Crippen LogP contribution in [0.2, 0.25) is 0 Å². The van der Waals surface area contributed by atoms with Gasteiger partial charge in [-0.2, -0.15) is 5.26 Å². The third kappa shape index (κ3) is 2.95. The highest BCUT2D eigenvalue weighted by Crippen LogP contribution is 1.93. The molecule has 0 aliphatic heterocycles. The number of carbonyl (C=O) groups is 1. The first-order valence-electron chi connectivity index (χ1n) is 4.50. The summed E-state index contributed by atoms with van der Waals surface area (Å²) in [4.78, 5) is 25.4. The Morgan fingerprint density at radius 2 is 2.47 bits per heavy atom. The van der Waals surface area contributed by atoms with Crippen LogP contribution in [0.15, 0.2) is 23.3 Å². The maximum absolute atomic E-state index is 11.5. The Morgan fingerprint density at radius 3 is 3.07 bits per heavy atom. The number of pyridine rings is 1. The molecule has 1 unspecified atom stereocenters. The minimum Gasteiger partial charge on any atom is -0.367 e. The molecular formula is C10H11N3O2. The summed E-state index contributed by atoms with van der Waals surface area (Å²) in [5, 5.41) is 11.0. The van der Waals surface area contributed by atoms with Crippen molar-refractivity contribution >= 4 is 5.91 Å². The van der Waals surface area contributed by atoms with Gasteiger partial charge in [-0.05, 0) is 6.92 Å². The number of nitrogens with zero attached hydrogens (tertiary/aromatic N) is 1. The Hall–Kier alpha value is -2.09. The average molecular weight is 205 g/mol. The zero-order valence-electron chi connectivity index (χ0n) is 8.28. The van der Waals surface area contributed by atoms with E-state index in [1.54, 1.807) is 6.92 Å². The minimum absolute atomic E-state index is 0.0577. The fraction of sp³-hybridized carbons (Fsp3) is 0.300. The number of amides is 1. The second-order valence-corrected chi connectivity index (χ2v) is 3.16. The minimum atomic E-state index is -0.459. The maximum atomic E-state index is 11.5. The summed E-state index contributed by atoms with van der Waals surface area (Å²) in [6.45, 7) is 1.71. The molecule has 0 saturated heterocycles. The van der Waals surface area contributed by atoms with Gasteiger partial charge in [0, 0.05) is 24.5 Å². The summed E-state index contributed by atoms with van der Waals surface area (Å²) in [5.41, 5.74) is -0.280. The van der Waals surface area contributed by atoms with Crippen LogP contribution in [0.3, 0.4) is 0 Å². The van der Waals surface area contributed by atoms with Crippen molar-refractivity contribution in [2.24, 2.45) is 0 Å². The van der Waals surface area contributed by atoms with Gasteiger partial charge >= 0.3 is 0 Å². The molecular weight excluding hydrogens is 194 g/mol. The number of hydrogen-bond donors (Lipinski definition) is 2. The van der Waals surface area contributed by atoms with Crippen LogP contribution in [-0.4, -0.2) is 16.9 Å². The zero-order valence-corrected chi connectivity index (χ0v) is 8.28. The first kappa shape index (κ1) is 11.0. The van der Waals surface area contributed by atoms with Crippen molar-refractivity contribution in [1.82, 2.24) is 10.3 Å². The van der Waals surface area contributed by atoms with E-state index in [1.165, 1.54) is 18.5 Å². The molecule has 0 radical (unpaired) electrons. The van der Waals surface area contributed by atoms with Gasteiger partial charge in [-0.1, -0.05) is 0 Å². The number of rotatable bonds is 3. The molecule has 1 amide bonds. The molecule has 1 aromatic rings. The highest BCUT2D eigenvalue weighted by Gasteiger charge is 2.11. The highest BCUT2D eigenvalue weighted by atomic mass is 16.2. The van der Waals surface area contributed by atoms with Crippen LogP contribution in [0.1, 0.15) is 23.7 Å². The van der Waals surface area contributed by atoms with Crippen molar-refractivity contribution in [2.45, 2.75) is 19.4 Å². The molecule has 0 aliphatic rings. The maximum Gasteiger partial charge on any atom is 0.256 e. The normalized spacial score (nSPS) is 11.5. The Labute approximate surface area is 86.7 Å². The van der Waals surface area contributed by atoms with Crippen LogP contribution >= 0.6 is 0 Å².